The SMILES string of the molecule is COc1cc(C2c3c(oc4ccc(F)cc4c3=O)C(=O)N2c2ccc(C)c(C)c2)cc(OC)c1OC. The van der Waals surface area contributed by atoms with E-state index in [4.69, 9.17) is 18.6 Å². The van der Waals surface area contributed by atoms with Crippen LogP contribution >= 0.6 is 0 Å². The van der Waals surface area contributed by atoms with Crippen molar-refractivity contribution < 1.29 is 27.8 Å². The number of aryl methyl sites for hydroxylation is 2. The Morgan fingerprint density at radius 3 is 2.17 bits per heavy atom. The number of anilines is 1. The molecule has 0 spiro atoms. The number of halogens is 1. The molecular formula is C28H24FNO6. The fraction of sp³-hybridized carbons (Fsp3) is 0.214. The summed E-state index contributed by atoms with van der Waals surface area (Å²) in [5.74, 6) is -0.0347. The summed E-state index contributed by atoms with van der Waals surface area (Å²) in [4.78, 5) is 29.1. The third-order valence-corrected chi connectivity index (χ3v) is 6.60. The molecule has 0 saturated heterocycles. The fourth-order valence-corrected chi connectivity index (χ4v) is 4.66. The highest BCUT2D eigenvalue weighted by molar-refractivity contribution is 6.10. The summed E-state index contributed by atoms with van der Waals surface area (Å²) in [5, 5.41) is 0.0564. The summed E-state index contributed by atoms with van der Waals surface area (Å²) in [6, 6.07) is 11.8. The Hall–Kier alpha value is -4.33. The summed E-state index contributed by atoms with van der Waals surface area (Å²) in [6.45, 7) is 3.92. The molecule has 8 heteroatoms. The summed E-state index contributed by atoms with van der Waals surface area (Å²) < 4.78 is 36.5. The number of rotatable bonds is 5. The molecule has 0 N–H and O–H groups in total. The molecule has 7 nitrogen and oxygen atoms in total. The van der Waals surface area contributed by atoms with E-state index in [1.165, 1.54) is 38.4 Å². The number of benzene rings is 3. The van der Waals surface area contributed by atoms with Gasteiger partial charge >= 0.3 is 0 Å². The molecule has 0 radical (unpaired) electrons. The summed E-state index contributed by atoms with van der Waals surface area (Å²) in [6.07, 6.45) is 0. The van der Waals surface area contributed by atoms with Crippen molar-refractivity contribution in [1.29, 1.82) is 0 Å². The lowest BCUT2D eigenvalue weighted by Gasteiger charge is -2.27. The van der Waals surface area contributed by atoms with Crippen molar-refractivity contribution in [3.05, 3.63) is 92.6 Å². The van der Waals surface area contributed by atoms with Crippen molar-refractivity contribution in [3.8, 4) is 17.2 Å². The molecule has 36 heavy (non-hydrogen) atoms. The van der Waals surface area contributed by atoms with Crippen LogP contribution in [0.5, 0.6) is 17.2 Å². The zero-order valence-electron chi connectivity index (χ0n) is 20.5. The zero-order chi connectivity index (χ0) is 25.7. The number of ether oxygens (including phenoxy) is 3. The molecule has 0 saturated carbocycles. The van der Waals surface area contributed by atoms with E-state index in [1.807, 2.05) is 32.0 Å². The average molecular weight is 489 g/mol. The van der Waals surface area contributed by atoms with Gasteiger partial charge in [0.25, 0.3) is 5.91 Å². The third kappa shape index (κ3) is 3.48. The minimum Gasteiger partial charge on any atom is -0.493 e. The molecule has 4 aromatic rings. The van der Waals surface area contributed by atoms with Gasteiger partial charge in [-0.25, -0.2) is 4.39 Å². The van der Waals surface area contributed by atoms with Crippen molar-refractivity contribution in [2.45, 2.75) is 19.9 Å². The van der Waals surface area contributed by atoms with Crippen LogP contribution in [-0.4, -0.2) is 27.2 Å². The molecule has 1 aliphatic rings. The van der Waals surface area contributed by atoms with E-state index in [9.17, 15) is 14.0 Å². The van der Waals surface area contributed by atoms with Gasteiger partial charge in [-0.05, 0) is 73.0 Å². The number of methoxy groups -OCH3 is 3. The Bertz CT molecular complexity index is 1570. The number of carbonyl (C=O) groups is 1. The predicted octanol–water partition coefficient (Wildman–Crippen LogP) is 5.32. The summed E-state index contributed by atoms with van der Waals surface area (Å²) in [7, 11) is 4.46. The highest BCUT2D eigenvalue weighted by atomic mass is 19.1. The van der Waals surface area contributed by atoms with Crippen molar-refractivity contribution in [2.75, 3.05) is 26.2 Å². The Labute approximate surface area is 206 Å². The van der Waals surface area contributed by atoms with E-state index < -0.39 is 23.2 Å². The van der Waals surface area contributed by atoms with Crippen LogP contribution in [0.15, 0.2) is 57.7 Å². The Kier molecular flexibility index (Phi) is 5.67. The molecule has 3 aromatic carbocycles. The molecule has 5 rings (SSSR count). The topological polar surface area (TPSA) is 78.2 Å². The molecular weight excluding hydrogens is 465 g/mol. The monoisotopic (exact) mass is 489 g/mol. The van der Waals surface area contributed by atoms with Crippen molar-refractivity contribution in [2.24, 2.45) is 0 Å². The number of nitrogens with zero attached hydrogens (tertiary/aromatic N) is 1. The van der Waals surface area contributed by atoms with Crippen LogP contribution in [0.1, 0.15) is 38.9 Å². The van der Waals surface area contributed by atoms with Crippen LogP contribution in [0.3, 0.4) is 0 Å². The van der Waals surface area contributed by atoms with Gasteiger partial charge in [0.2, 0.25) is 11.5 Å². The van der Waals surface area contributed by atoms with Gasteiger partial charge in [0, 0.05) is 5.69 Å². The molecule has 1 aliphatic heterocycles. The second-order valence-electron chi connectivity index (χ2n) is 8.62. The third-order valence-electron chi connectivity index (χ3n) is 6.60. The van der Waals surface area contributed by atoms with Gasteiger partial charge in [-0.15, -0.1) is 0 Å². The van der Waals surface area contributed by atoms with Crippen molar-refractivity contribution >= 4 is 22.6 Å². The van der Waals surface area contributed by atoms with Gasteiger partial charge in [0.15, 0.2) is 16.9 Å². The van der Waals surface area contributed by atoms with E-state index in [2.05, 4.69) is 0 Å². The lowest BCUT2D eigenvalue weighted by molar-refractivity contribution is 0.0971. The Morgan fingerprint density at radius 2 is 1.56 bits per heavy atom. The molecule has 1 unspecified atom stereocenters. The van der Waals surface area contributed by atoms with Crippen molar-refractivity contribution in [1.82, 2.24) is 0 Å². The van der Waals surface area contributed by atoms with Gasteiger partial charge < -0.3 is 18.6 Å². The maximum Gasteiger partial charge on any atom is 0.295 e. The molecule has 1 atom stereocenters. The minimum absolute atomic E-state index is 0.0564. The largest absolute Gasteiger partial charge is 0.493 e. The van der Waals surface area contributed by atoms with E-state index >= 15 is 0 Å². The van der Waals surface area contributed by atoms with Crippen LogP contribution in [0.4, 0.5) is 10.1 Å². The molecule has 1 aromatic heterocycles. The van der Waals surface area contributed by atoms with Crippen molar-refractivity contribution in [3.63, 3.8) is 0 Å². The number of hydrogen-bond acceptors (Lipinski definition) is 6. The normalized spacial score (nSPS) is 14.8. The molecule has 0 bridgehead atoms. The highest BCUT2D eigenvalue weighted by Crippen LogP contribution is 2.46. The second-order valence-corrected chi connectivity index (χ2v) is 8.62. The van der Waals surface area contributed by atoms with Gasteiger partial charge in [-0.1, -0.05) is 6.07 Å². The Morgan fingerprint density at radius 1 is 0.861 bits per heavy atom. The Balaban J connectivity index is 1.85. The predicted molar refractivity (Wildman–Crippen MR) is 133 cm³/mol. The maximum absolute atomic E-state index is 14.1. The summed E-state index contributed by atoms with van der Waals surface area (Å²) >= 11 is 0. The summed E-state index contributed by atoms with van der Waals surface area (Å²) in [5.41, 5.74) is 2.93. The maximum atomic E-state index is 14.1. The lowest BCUT2D eigenvalue weighted by atomic mass is 9.97. The number of amides is 1. The fourth-order valence-electron chi connectivity index (χ4n) is 4.66. The van der Waals surface area contributed by atoms with E-state index in [-0.39, 0.29) is 22.3 Å². The first-order valence-electron chi connectivity index (χ1n) is 11.3. The molecule has 184 valence electrons. The van der Waals surface area contributed by atoms with Crippen LogP contribution in [0.2, 0.25) is 0 Å². The standard InChI is InChI=1S/C28H24FNO6/c1-14-6-8-18(10-15(14)2)30-24(16-11-21(33-3)26(35-5)22(12-16)34-4)23-25(31)19-13-17(29)7-9-20(19)36-27(23)28(30)32/h6-13,24H,1-5H3. The highest BCUT2D eigenvalue weighted by Gasteiger charge is 2.44. The van der Waals surface area contributed by atoms with Gasteiger partial charge in [-0.3, -0.25) is 14.5 Å². The lowest BCUT2D eigenvalue weighted by Crippen LogP contribution is -2.29. The first-order chi connectivity index (χ1) is 17.3. The average Bonchev–Trinajstić information content (AvgIpc) is 3.17. The van der Waals surface area contributed by atoms with Crippen LogP contribution in [0.25, 0.3) is 11.0 Å². The molecule has 0 aliphatic carbocycles. The minimum atomic E-state index is -0.882. The van der Waals surface area contributed by atoms with Crippen LogP contribution in [-0.2, 0) is 0 Å². The van der Waals surface area contributed by atoms with E-state index in [0.717, 1.165) is 17.2 Å². The van der Waals surface area contributed by atoms with Gasteiger partial charge in [0.1, 0.15) is 11.4 Å². The van der Waals surface area contributed by atoms with E-state index in [1.54, 1.807) is 12.1 Å². The van der Waals surface area contributed by atoms with Crippen LogP contribution < -0.4 is 24.5 Å². The smallest absolute Gasteiger partial charge is 0.295 e. The second kappa shape index (κ2) is 8.71. The number of fused-ring (bicyclic) bond motifs is 2. The van der Waals surface area contributed by atoms with Gasteiger partial charge in [-0.2, -0.15) is 0 Å². The van der Waals surface area contributed by atoms with Gasteiger partial charge in [0.05, 0.1) is 38.3 Å². The van der Waals surface area contributed by atoms with Crippen LogP contribution in [0, 0.1) is 19.7 Å². The molecule has 2 heterocycles. The number of carbonyl (C=O) groups excluding carboxylic acids is 1. The first-order valence-corrected chi connectivity index (χ1v) is 11.3. The molecule has 1 amide bonds. The van der Waals surface area contributed by atoms with E-state index in [0.29, 0.717) is 28.5 Å². The first kappa shape index (κ1) is 23.4. The number of hydrogen-bond donors (Lipinski definition) is 0. The zero-order valence-corrected chi connectivity index (χ0v) is 20.5. The molecule has 0 fully saturated rings. The quantitative estimate of drug-likeness (QED) is 0.377.